The summed E-state index contributed by atoms with van der Waals surface area (Å²) >= 11 is 6.32. The predicted molar refractivity (Wildman–Crippen MR) is 163 cm³/mol. The second-order valence-electron chi connectivity index (χ2n) is 11.2. The predicted octanol–water partition coefficient (Wildman–Crippen LogP) is 5.24. The SMILES string of the molecule is CCOC(=O)N1CCc2c([nH]c3ccc(Cl)cc23)[C@@H]1c1ccc(OC2CCN(C(=O)OCCN3CCOCC3)CC2)cc1. The summed E-state index contributed by atoms with van der Waals surface area (Å²) in [7, 11) is 0. The number of morpholine rings is 1. The summed E-state index contributed by atoms with van der Waals surface area (Å²) in [5.74, 6) is 0.762. The van der Waals surface area contributed by atoms with Crippen molar-refractivity contribution in [3.63, 3.8) is 0 Å². The molecule has 2 amide bonds. The molecule has 1 aromatic heterocycles. The largest absolute Gasteiger partial charge is 0.490 e. The van der Waals surface area contributed by atoms with E-state index < -0.39 is 0 Å². The number of piperidine rings is 1. The van der Waals surface area contributed by atoms with Crippen LogP contribution in [0, 0.1) is 0 Å². The van der Waals surface area contributed by atoms with E-state index in [0.29, 0.717) is 44.3 Å². The number of nitrogens with one attached hydrogen (secondary N) is 1. The van der Waals surface area contributed by atoms with Gasteiger partial charge in [-0.15, -0.1) is 0 Å². The van der Waals surface area contributed by atoms with Crippen molar-refractivity contribution in [2.75, 3.05) is 65.7 Å². The molecule has 0 aliphatic carbocycles. The summed E-state index contributed by atoms with van der Waals surface area (Å²) < 4.78 is 22.6. The van der Waals surface area contributed by atoms with Gasteiger partial charge in [0.1, 0.15) is 24.5 Å². The lowest BCUT2D eigenvalue weighted by Crippen LogP contribution is -2.43. The molecule has 2 saturated heterocycles. The first-order valence-electron chi connectivity index (χ1n) is 15.2. The molecule has 3 aromatic rings. The molecule has 0 radical (unpaired) electrons. The standard InChI is InChI=1S/C32H39ClN4O6/c1-2-41-32(39)37-14-11-26-27-21-23(33)5-8-28(27)34-29(26)30(37)22-3-6-24(7-4-22)43-25-9-12-36(13-10-25)31(38)42-20-17-35-15-18-40-19-16-35/h3-8,21,25,30,34H,2,9-20H2,1H3/t30-/m0/s1. The molecular formula is C32H39ClN4O6. The first kappa shape index (κ1) is 29.6. The molecular weight excluding hydrogens is 572 g/mol. The van der Waals surface area contributed by atoms with Gasteiger partial charge in [-0.2, -0.15) is 0 Å². The monoisotopic (exact) mass is 610 g/mol. The van der Waals surface area contributed by atoms with E-state index in [1.165, 1.54) is 5.56 Å². The van der Waals surface area contributed by atoms with Crippen LogP contribution in [0.5, 0.6) is 5.75 Å². The normalized spacial score (nSPS) is 19.7. The van der Waals surface area contributed by atoms with E-state index in [0.717, 1.165) is 73.6 Å². The number of rotatable bonds is 7. The molecule has 2 aromatic carbocycles. The van der Waals surface area contributed by atoms with E-state index in [9.17, 15) is 9.59 Å². The van der Waals surface area contributed by atoms with Gasteiger partial charge in [0, 0.05) is 73.7 Å². The van der Waals surface area contributed by atoms with Crippen LogP contribution in [0.1, 0.15) is 42.6 Å². The molecule has 11 heteroatoms. The van der Waals surface area contributed by atoms with Crippen LogP contribution in [-0.4, -0.2) is 104 Å². The number of aromatic amines is 1. The van der Waals surface area contributed by atoms with Gasteiger partial charge in [-0.1, -0.05) is 23.7 Å². The fourth-order valence-corrected chi connectivity index (χ4v) is 6.44. The number of nitrogens with zero attached hydrogens (tertiary/aromatic N) is 3. The molecule has 4 heterocycles. The number of amides is 2. The van der Waals surface area contributed by atoms with E-state index in [-0.39, 0.29) is 24.3 Å². The molecule has 43 heavy (non-hydrogen) atoms. The maximum atomic E-state index is 13.0. The van der Waals surface area contributed by atoms with Crippen molar-refractivity contribution in [3.05, 3.63) is 64.3 Å². The Morgan fingerprint density at radius 2 is 1.74 bits per heavy atom. The third kappa shape index (κ3) is 6.71. The maximum absolute atomic E-state index is 13.0. The fourth-order valence-electron chi connectivity index (χ4n) is 6.27. The number of hydrogen-bond acceptors (Lipinski definition) is 7. The summed E-state index contributed by atoms with van der Waals surface area (Å²) in [4.78, 5) is 34.9. The average molecular weight is 611 g/mol. The number of hydrogen-bond donors (Lipinski definition) is 1. The van der Waals surface area contributed by atoms with Crippen LogP contribution in [-0.2, 0) is 20.6 Å². The summed E-state index contributed by atoms with van der Waals surface area (Å²) in [5, 5.41) is 1.77. The highest BCUT2D eigenvalue weighted by molar-refractivity contribution is 6.31. The Bertz CT molecular complexity index is 1420. The van der Waals surface area contributed by atoms with Gasteiger partial charge in [0.15, 0.2) is 0 Å². The van der Waals surface area contributed by atoms with E-state index in [2.05, 4.69) is 9.88 Å². The van der Waals surface area contributed by atoms with Crippen molar-refractivity contribution >= 4 is 34.7 Å². The van der Waals surface area contributed by atoms with Crippen molar-refractivity contribution in [1.82, 2.24) is 19.7 Å². The highest BCUT2D eigenvalue weighted by atomic mass is 35.5. The third-order valence-corrected chi connectivity index (χ3v) is 8.76. The van der Waals surface area contributed by atoms with E-state index in [4.69, 9.17) is 30.5 Å². The highest BCUT2D eigenvalue weighted by Gasteiger charge is 2.35. The van der Waals surface area contributed by atoms with E-state index in [1.807, 2.05) is 49.4 Å². The minimum absolute atomic E-state index is 0.0130. The number of aromatic nitrogens is 1. The maximum Gasteiger partial charge on any atom is 0.410 e. The summed E-state index contributed by atoms with van der Waals surface area (Å²) in [5.41, 5.74) is 4.12. The molecule has 230 valence electrons. The zero-order valence-electron chi connectivity index (χ0n) is 24.6. The molecule has 10 nitrogen and oxygen atoms in total. The van der Waals surface area contributed by atoms with Crippen LogP contribution in [0.25, 0.3) is 10.9 Å². The van der Waals surface area contributed by atoms with Crippen molar-refractivity contribution in [3.8, 4) is 5.75 Å². The third-order valence-electron chi connectivity index (χ3n) is 8.53. The van der Waals surface area contributed by atoms with Gasteiger partial charge in [0.2, 0.25) is 0 Å². The van der Waals surface area contributed by atoms with Gasteiger partial charge in [-0.05, 0) is 54.8 Å². The van der Waals surface area contributed by atoms with Gasteiger partial charge >= 0.3 is 12.2 Å². The van der Waals surface area contributed by atoms with Gasteiger partial charge in [-0.3, -0.25) is 9.80 Å². The Hall–Kier alpha value is -3.47. The van der Waals surface area contributed by atoms with Gasteiger partial charge in [0.05, 0.1) is 19.8 Å². The molecule has 1 atom stereocenters. The summed E-state index contributed by atoms with van der Waals surface area (Å²) in [6.45, 7) is 8.23. The molecule has 0 bridgehead atoms. The number of carbonyl (C=O) groups is 2. The Kier molecular flexibility index (Phi) is 9.25. The first-order valence-corrected chi connectivity index (χ1v) is 15.6. The van der Waals surface area contributed by atoms with Crippen LogP contribution in [0.4, 0.5) is 9.59 Å². The lowest BCUT2D eigenvalue weighted by molar-refractivity contribution is 0.0220. The van der Waals surface area contributed by atoms with Crippen LogP contribution in [0.15, 0.2) is 42.5 Å². The Morgan fingerprint density at radius 1 is 0.977 bits per heavy atom. The summed E-state index contributed by atoms with van der Waals surface area (Å²) in [6, 6.07) is 13.5. The second-order valence-corrected chi connectivity index (χ2v) is 11.6. The van der Waals surface area contributed by atoms with Crippen molar-refractivity contribution in [1.29, 1.82) is 0 Å². The second kappa shape index (κ2) is 13.4. The quantitative estimate of drug-likeness (QED) is 0.391. The number of benzene rings is 2. The lowest BCUT2D eigenvalue weighted by atomic mass is 9.92. The number of likely N-dealkylation sites (tertiary alicyclic amines) is 1. The van der Waals surface area contributed by atoms with Crippen molar-refractivity contribution < 1.29 is 28.5 Å². The smallest absolute Gasteiger partial charge is 0.410 e. The molecule has 2 fully saturated rings. The molecule has 3 aliphatic rings. The lowest BCUT2D eigenvalue weighted by Gasteiger charge is -2.35. The zero-order valence-corrected chi connectivity index (χ0v) is 25.3. The Labute approximate surface area is 256 Å². The topological polar surface area (TPSA) is 96.6 Å². The van der Waals surface area contributed by atoms with E-state index >= 15 is 0 Å². The van der Waals surface area contributed by atoms with Crippen LogP contribution in [0.2, 0.25) is 5.02 Å². The number of ether oxygens (including phenoxy) is 4. The van der Waals surface area contributed by atoms with Crippen LogP contribution in [0.3, 0.4) is 0 Å². The highest BCUT2D eigenvalue weighted by Crippen LogP contribution is 2.40. The molecule has 6 rings (SSSR count). The summed E-state index contributed by atoms with van der Waals surface area (Å²) in [6.07, 6.45) is 1.61. The Balaban J connectivity index is 1.08. The van der Waals surface area contributed by atoms with Crippen LogP contribution >= 0.6 is 11.6 Å². The minimum atomic E-state index is -0.332. The molecule has 0 saturated carbocycles. The number of carbonyl (C=O) groups excluding carboxylic acids is 2. The molecule has 0 unspecified atom stereocenters. The number of H-pyrrole nitrogens is 1. The van der Waals surface area contributed by atoms with Crippen LogP contribution < -0.4 is 4.74 Å². The minimum Gasteiger partial charge on any atom is -0.490 e. The van der Waals surface area contributed by atoms with E-state index in [1.54, 1.807) is 9.80 Å². The Morgan fingerprint density at radius 3 is 2.49 bits per heavy atom. The fraction of sp³-hybridized carbons (Fsp3) is 0.500. The molecule has 3 aliphatic heterocycles. The van der Waals surface area contributed by atoms with Gasteiger partial charge in [-0.25, -0.2) is 9.59 Å². The number of fused-ring (bicyclic) bond motifs is 3. The average Bonchev–Trinajstić information content (AvgIpc) is 3.40. The zero-order chi connectivity index (χ0) is 29.8. The molecule has 1 N–H and O–H groups in total. The van der Waals surface area contributed by atoms with Crippen molar-refractivity contribution in [2.45, 2.75) is 38.3 Å². The first-order chi connectivity index (χ1) is 21.0. The van der Waals surface area contributed by atoms with Gasteiger partial charge < -0.3 is 28.8 Å². The molecule has 0 spiro atoms. The van der Waals surface area contributed by atoms with Crippen molar-refractivity contribution in [2.24, 2.45) is 0 Å². The van der Waals surface area contributed by atoms with Gasteiger partial charge in [0.25, 0.3) is 0 Å². The number of halogens is 1.